The second-order valence-corrected chi connectivity index (χ2v) is 11.5. The number of ether oxygens (including phenoxy) is 3. The third-order valence-corrected chi connectivity index (χ3v) is 8.35. The summed E-state index contributed by atoms with van der Waals surface area (Å²) in [6.45, 7) is 7.74. The fraction of sp³-hybridized carbons (Fsp3) is 0.343. The van der Waals surface area contributed by atoms with E-state index in [0.29, 0.717) is 11.4 Å². The molecule has 3 aromatic rings. The summed E-state index contributed by atoms with van der Waals surface area (Å²) in [6.07, 6.45) is -0.173. The average Bonchev–Trinajstić information content (AvgIpc) is 3.37. The molecule has 1 aliphatic heterocycles. The number of hydrogen-bond donors (Lipinski definition) is 2. The molecule has 0 aromatic heterocycles. The number of carbonyl (C=O) groups excluding carboxylic acids is 3. The summed E-state index contributed by atoms with van der Waals surface area (Å²) in [5.74, 6) is -0.317. The van der Waals surface area contributed by atoms with E-state index in [1.807, 2.05) is 31.2 Å². The fourth-order valence-electron chi connectivity index (χ4n) is 5.86. The molecule has 0 unspecified atom stereocenters. The number of aliphatic hydroxyl groups is 1. The average molecular weight is 614 g/mol. The van der Waals surface area contributed by atoms with Crippen molar-refractivity contribution in [1.29, 1.82) is 0 Å². The molecular weight excluding hydrogens is 574 g/mol. The van der Waals surface area contributed by atoms with Gasteiger partial charge in [0.1, 0.15) is 25.1 Å². The Morgan fingerprint density at radius 1 is 1.09 bits per heavy atom. The van der Waals surface area contributed by atoms with Gasteiger partial charge in [-0.05, 0) is 47.4 Å². The second kappa shape index (κ2) is 13.9. The first-order valence-electron chi connectivity index (χ1n) is 15.0. The van der Waals surface area contributed by atoms with Crippen LogP contribution >= 0.6 is 0 Å². The zero-order chi connectivity index (χ0) is 32.1. The van der Waals surface area contributed by atoms with Gasteiger partial charge in [-0.15, -0.1) is 0 Å². The Kier molecular flexibility index (Phi) is 9.73. The van der Waals surface area contributed by atoms with Crippen LogP contribution in [0.25, 0.3) is 11.1 Å². The molecule has 0 radical (unpaired) electrons. The van der Waals surface area contributed by atoms with E-state index < -0.39 is 24.3 Å². The summed E-state index contributed by atoms with van der Waals surface area (Å²) in [5, 5.41) is 12.7. The molecule has 45 heavy (non-hydrogen) atoms. The lowest BCUT2D eigenvalue weighted by molar-refractivity contribution is 0.0330. The minimum Gasteiger partial charge on any atom is -0.487 e. The molecule has 3 aromatic carbocycles. The molecule has 3 amide bonds. The Bertz CT molecular complexity index is 1530. The summed E-state index contributed by atoms with van der Waals surface area (Å²) in [6, 6.07) is 20.5. The van der Waals surface area contributed by atoms with Gasteiger partial charge in [0, 0.05) is 31.1 Å². The van der Waals surface area contributed by atoms with Gasteiger partial charge in [0.2, 0.25) is 0 Å². The van der Waals surface area contributed by atoms with E-state index in [2.05, 4.69) is 36.2 Å². The second-order valence-electron chi connectivity index (χ2n) is 11.5. The molecule has 1 heterocycles. The van der Waals surface area contributed by atoms with Gasteiger partial charge >= 0.3 is 12.2 Å². The largest absolute Gasteiger partial charge is 0.487 e. The zero-order valence-electron chi connectivity index (χ0n) is 25.8. The maximum absolute atomic E-state index is 13.8. The Hall–Kier alpha value is -4.83. The quantitative estimate of drug-likeness (QED) is 0.305. The molecule has 3 atom stereocenters. The molecule has 5 rings (SSSR count). The highest BCUT2D eigenvalue weighted by atomic mass is 16.6. The monoisotopic (exact) mass is 613 g/mol. The molecule has 10 heteroatoms. The number of nitrogens with one attached hydrogen (secondary N) is 1. The fourth-order valence-corrected chi connectivity index (χ4v) is 5.86. The highest BCUT2D eigenvalue weighted by Crippen LogP contribution is 2.44. The van der Waals surface area contributed by atoms with E-state index in [1.54, 1.807) is 37.1 Å². The van der Waals surface area contributed by atoms with Crippen LogP contribution in [0.3, 0.4) is 0 Å². The van der Waals surface area contributed by atoms with Gasteiger partial charge in [-0.1, -0.05) is 68.1 Å². The first kappa shape index (κ1) is 31.6. The van der Waals surface area contributed by atoms with E-state index in [1.165, 1.54) is 11.0 Å². The number of anilines is 1. The lowest BCUT2D eigenvalue weighted by Gasteiger charge is -2.38. The molecule has 0 fully saturated rings. The Balaban J connectivity index is 1.33. The van der Waals surface area contributed by atoms with Crippen LogP contribution in [0.4, 0.5) is 15.3 Å². The van der Waals surface area contributed by atoms with Crippen LogP contribution < -0.4 is 10.1 Å². The highest BCUT2D eigenvalue weighted by molar-refractivity contribution is 5.99. The molecule has 2 N–H and O–H groups in total. The molecule has 2 aliphatic rings. The lowest BCUT2D eigenvalue weighted by Crippen LogP contribution is -2.50. The van der Waals surface area contributed by atoms with Gasteiger partial charge in [-0.2, -0.15) is 0 Å². The van der Waals surface area contributed by atoms with Gasteiger partial charge in [0.05, 0.1) is 24.8 Å². The number of carbonyl (C=O) groups is 3. The normalized spacial score (nSPS) is 17.9. The van der Waals surface area contributed by atoms with Gasteiger partial charge < -0.3 is 29.1 Å². The number of fused-ring (bicyclic) bond motifs is 4. The van der Waals surface area contributed by atoms with Gasteiger partial charge in [0.15, 0.2) is 0 Å². The standard InChI is InChI=1S/C35H39N3O7/c1-5-16-43-35(42)37(4)19-32-22(2)18-38(23(3)20-39)33(40)29-17-24(14-15-31(29)45-32)36-34(41)44-21-30-27-12-8-6-10-25(27)26-11-7-9-13-28(26)30/h5-15,17,22-23,30,32,39H,1,16,18-21H2,2-4H3,(H,36,41)/t22-,23-,32+/m1/s1. The first-order valence-corrected chi connectivity index (χ1v) is 15.0. The predicted molar refractivity (Wildman–Crippen MR) is 170 cm³/mol. The molecule has 0 bridgehead atoms. The topological polar surface area (TPSA) is 118 Å². The van der Waals surface area contributed by atoms with Crippen LogP contribution in [-0.4, -0.2) is 85.1 Å². The van der Waals surface area contributed by atoms with E-state index in [-0.39, 0.29) is 56.2 Å². The summed E-state index contributed by atoms with van der Waals surface area (Å²) < 4.78 is 17.2. The third kappa shape index (κ3) is 6.81. The maximum atomic E-state index is 13.8. The van der Waals surface area contributed by atoms with Crippen molar-refractivity contribution in [3.05, 3.63) is 96.1 Å². The number of benzene rings is 3. The molecule has 1 aliphatic carbocycles. The zero-order valence-corrected chi connectivity index (χ0v) is 25.8. The van der Waals surface area contributed by atoms with Crippen molar-refractivity contribution in [3.8, 4) is 16.9 Å². The highest BCUT2D eigenvalue weighted by Gasteiger charge is 2.34. The Morgan fingerprint density at radius 3 is 2.40 bits per heavy atom. The van der Waals surface area contributed by atoms with Crippen molar-refractivity contribution in [1.82, 2.24) is 9.80 Å². The van der Waals surface area contributed by atoms with Gasteiger partial charge in [-0.3, -0.25) is 10.1 Å². The number of amides is 3. The Morgan fingerprint density at radius 2 is 1.76 bits per heavy atom. The number of aliphatic hydroxyl groups excluding tert-OH is 1. The van der Waals surface area contributed by atoms with Crippen molar-refractivity contribution in [2.45, 2.75) is 31.9 Å². The maximum Gasteiger partial charge on any atom is 0.411 e. The third-order valence-electron chi connectivity index (χ3n) is 8.35. The van der Waals surface area contributed by atoms with Crippen molar-refractivity contribution in [3.63, 3.8) is 0 Å². The van der Waals surface area contributed by atoms with E-state index in [0.717, 1.165) is 22.3 Å². The van der Waals surface area contributed by atoms with Crippen LogP contribution in [0.5, 0.6) is 5.75 Å². The summed E-state index contributed by atoms with van der Waals surface area (Å²) >= 11 is 0. The number of hydrogen-bond acceptors (Lipinski definition) is 7. The summed E-state index contributed by atoms with van der Waals surface area (Å²) in [5.41, 5.74) is 5.07. The molecule has 0 saturated carbocycles. The molecule has 10 nitrogen and oxygen atoms in total. The van der Waals surface area contributed by atoms with Crippen LogP contribution in [0, 0.1) is 5.92 Å². The SMILES string of the molecule is C=CCOC(=O)N(C)C[C@@H]1Oc2ccc(NC(=O)OCC3c4ccccc4-c4ccccc43)cc2C(=O)N([C@H](C)CO)C[C@H]1C. The Labute approximate surface area is 263 Å². The molecule has 0 spiro atoms. The van der Waals surface area contributed by atoms with Gasteiger partial charge in [0.25, 0.3) is 5.91 Å². The predicted octanol–water partition coefficient (Wildman–Crippen LogP) is 5.52. The van der Waals surface area contributed by atoms with Crippen molar-refractivity contribution in [2.75, 3.05) is 45.3 Å². The van der Waals surface area contributed by atoms with Crippen LogP contribution in [0.2, 0.25) is 0 Å². The minimum atomic E-state index is -0.650. The number of nitrogens with zero attached hydrogens (tertiary/aromatic N) is 2. The van der Waals surface area contributed by atoms with E-state index in [9.17, 15) is 19.5 Å². The summed E-state index contributed by atoms with van der Waals surface area (Å²) in [4.78, 5) is 42.2. The summed E-state index contributed by atoms with van der Waals surface area (Å²) in [7, 11) is 1.61. The smallest absolute Gasteiger partial charge is 0.411 e. The van der Waals surface area contributed by atoms with E-state index >= 15 is 0 Å². The van der Waals surface area contributed by atoms with Crippen molar-refractivity contribution < 1.29 is 33.7 Å². The van der Waals surface area contributed by atoms with Crippen LogP contribution in [0.15, 0.2) is 79.4 Å². The molecular formula is C35H39N3O7. The minimum absolute atomic E-state index is 0.0861. The molecule has 0 saturated heterocycles. The van der Waals surface area contributed by atoms with Gasteiger partial charge in [-0.25, -0.2) is 9.59 Å². The first-order chi connectivity index (χ1) is 21.7. The van der Waals surface area contributed by atoms with Crippen molar-refractivity contribution in [2.24, 2.45) is 5.92 Å². The van der Waals surface area contributed by atoms with Crippen molar-refractivity contribution >= 4 is 23.8 Å². The number of rotatable bonds is 9. The number of likely N-dealkylation sites (N-methyl/N-ethyl adjacent to an activating group) is 1. The lowest BCUT2D eigenvalue weighted by atomic mass is 9.98. The van der Waals surface area contributed by atoms with Crippen LogP contribution in [0.1, 0.15) is 41.3 Å². The van der Waals surface area contributed by atoms with E-state index in [4.69, 9.17) is 14.2 Å². The molecule has 236 valence electrons. The van der Waals surface area contributed by atoms with Crippen LogP contribution in [-0.2, 0) is 9.47 Å².